The predicted octanol–water partition coefficient (Wildman–Crippen LogP) is 1.09. The number of aromatic amines is 1. The molecule has 0 aliphatic rings. The van der Waals surface area contributed by atoms with Gasteiger partial charge in [0, 0.05) is 5.56 Å². The molecule has 0 spiro atoms. The number of imidazole rings is 1. The molecular formula is C10H11N3O. The summed E-state index contributed by atoms with van der Waals surface area (Å²) in [5.41, 5.74) is 7.84. The SMILES string of the molecule is CC(N)C(=O)c1ccc2nc[nH]c2c1. The molecule has 1 atom stereocenters. The van der Waals surface area contributed by atoms with Gasteiger partial charge in [-0.15, -0.1) is 0 Å². The number of carbonyl (C=O) groups excluding carboxylic acids is 1. The van der Waals surface area contributed by atoms with Crippen LogP contribution in [0.3, 0.4) is 0 Å². The zero-order valence-electron chi connectivity index (χ0n) is 7.82. The lowest BCUT2D eigenvalue weighted by Crippen LogP contribution is -2.26. The molecule has 4 nitrogen and oxygen atoms in total. The molecule has 14 heavy (non-hydrogen) atoms. The first-order chi connectivity index (χ1) is 6.68. The summed E-state index contributed by atoms with van der Waals surface area (Å²) >= 11 is 0. The van der Waals surface area contributed by atoms with Gasteiger partial charge in [0.25, 0.3) is 0 Å². The number of aromatic nitrogens is 2. The smallest absolute Gasteiger partial charge is 0.179 e. The summed E-state index contributed by atoms with van der Waals surface area (Å²) in [4.78, 5) is 18.6. The first-order valence-electron chi connectivity index (χ1n) is 4.41. The minimum absolute atomic E-state index is 0.0542. The molecule has 0 aliphatic carbocycles. The van der Waals surface area contributed by atoms with Gasteiger partial charge in [-0.05, 0) is 25.1 Å². The van der Waals surface area contributed by atoms with Gasteiger partial charge in [0.2, 0.25) is 0 Å². The van der Waals surface area contributed by atoms with Crippen LogP contribution < -0.4 is 5.73 Å². The van der Waals surface area contributed by atoms with Crippen LogP contribution in [0.4, 0.5) is 0 Å². The Morgan fingerprint density at radius 1 is 1.57 bits per heavy atom. The topological polar surface area (TPSA) is 71.8 Å². The summed E-state index contributed by atoms with van der Waals surface area (Å²) in [5, 5.41) is 0. The van der Waals surface area contributed by atoms with Crippen molar-refractivity contribution >= 4 is 16.8 Å². The number of hydrogen-bond acceptors (Lipinski definition) is 3. The average molecular weight is 189 g/mol. The van der Waals surface area contributed by atoms with Crippen LogP contribution in [-0.4, -0.2) is 21.8 Å². The number of nitrogens with two attached hydrogens (primary N) is 1. The van der Waals surface area contributed by atoms with Crippen molar-refractivity contribution in [2.45, 2.75) is 13.0 Å². The van der Waals surface area contributed by atoms with E-state index in [-0.39, 0.29) is 5.78 Å². The Morgan fingerprint density at radius 3 is 3.07 bits per heavy atom. The van der Waals surface area contributed by atoms with Crippen molar-refractivity contribution in [3.8, 4) is 0 Å². The molecule has 0 saturated carbocycles. The molecule has 2 rings (SSSR count). The highest BCUT2D eigenvalue weighted by molar-refractivity contribution is 6.01. The van der Waals surface area contributed by atoms with Crippen molar-refractivity contribution in [1.29, 1.82) is 0 Å². The Balaban J connectivity index is 2.48. The molecular weight excluding hydrogens is 178 g/mol. The van der Waals surface area contributed by atoms with Gasteiger partial charge < -0.3 is 10.7 Å². The highest BCUT2D eigenvalue weighted by atomic mass is 16.1. The third-order valence-electron chi connectivity index (χ3n) is 2.12. The van der Waals surface area contributed by atoms with Gasteiger partial charge in [0.1, 0.15) is 0 Å². The zero-order chi connectivity index (χ0) is 10.1. The van der Waals surface area contributed by atoms with E-state index >= 15 is 0 Å². The lowest BCUT2D eigenvalue weighted by Gasteiger charge is -2.03. The fourth-order valence-electron chi connectivity index (χ4n) is 1.35. The second-order valence-electron chi connectivity index (χ2n) is 3.29. The van der Waals surface area contributed by atoms with Gasteiger partial charge in [0.05, 0.1) is 23.4 Å². The maximum Gasteiger partial charge on any atom is 0.179 e. The third kappa shape index (κ3) is 1.40. The number of carbonyl (C=O) groups is 1. The standard InChI is InChI=1S/C10H11N3O/c1-6(11)10(14)7-2-3-8-9(4-7)13-5-12-8/h2-6H,11H2,1H3,(H,12,13). The van der Waals surface area contributed by atoms with Crippen molar-refractivity contribution in [3.63, 3.8) is 0 Å². The van der Waals surface area contributed by atoms with Gasteiger partial charge in [-0.3, -0.25) is 4.79 Å². The molecule has 0 radical (unpaired) electrons. The molecule has 2 aromatic rings. The largest absolute Gasteiger partial charge is 0.345 e. The van der Waals surface area contributed by atoms with Crippen LogP contribution in [0.2, 0.25) is 0 Å². The molecule has 3 N–H and O–H groups in total. The third-order valence-corrected chi connectivity index (χ3v) is 2.12. The normalized spacial score (nSPS) is 13.0. The van der Waals surface area contributed by atoms with Crippen molar-refractivity contribution in [2.24, 2.45) is 5.73 Å². The molecule has 1 heterocycles. The quantitative estimate of drug-likeness (QED) is 0.695. The summed E-state index contributed by atoms with van der Waals surface area (Å²) in [7, 11) is 0. The lowest BCUT2D eigenvalue weighted by molar-refractivity contribution is 0.0968. The molecule has 1 unspecified atom stereocenters. The Labute approximate surface area is 81.1 Å². The maximum atomic E-state index is 11.6. The van der Waals surface area contributed by atoms with E-state index in [1.54, 1.807) is 31.5 Å². The zero-order valence-corrected chi connectivity index (χ0v) is 7.82. The summed E-state index contributed by atoms with van der Waals surface area (Å²) in [6.07, 6.45) is 1.60. The van der Waals surface area contributed by atoms with E-state index in [0.717, 1.165) is 11.0 Å². The van der Waals surface area contributed by atoms with Gasteiger partial charge >= 0.3 is 0 Å². The fraction of sp³-hybridized carbons (Fsp3) is 0.200. The van der Waals surface area contributed by atoms with Gasteiger partial charge in [-0.2, -0.15) is 0 Å². The molecule has 0 fully saturated rings. The summed E-state index contributed by atoms with van der Waals surface area (Å²) in [6, 6.07) is 4.86. The lowest BCUT2D eigenvalue weighted by atomic mass is 10.1. The average Bonchev–Trinajstić information content (AvgIpc) is 2.62. The minimum Gasteiger partial charge on any atom is -0.345 e. The molecule has 4 heteroatoms. The molecule has 72 valence electrons. The van der Waals surface area contributed by atoms with Crippen LogP contribution in [0.25, 0.3) is 11.0 Å². The van der Waals surface area contributed by atoms with Gasteiger partial charge in [0.15, 0.2) is 5.78 Å². The first kappa shape index (κ1) is 8.90. The van der Waals surface area contributed by atoms with E-state index in [0.29, 0.717) is 5.56 Å². The summed E-state index contributed by atoms with van der Waals surface area (Å²) < 4.78 is 0. The van der Waals surface area contributed by atoms with E-state index in [2.05, 4.69) is 9.97 Å². The van der Waals surface area contributed by atoms with Crippen LogP contribution in [0.1, 0.15) is 17.3 Å². The molecule has 0 amide bonds. The van der Waals surface area contributed by atoms with Gasteiger partial charge in [-0.25, -0.2) is 4.98 Å². The van der Waals surface area contributed by atoms with Crippen molar-refractivity contribution < 1.29 is 4.79 Å². The first-order valence-corrected chi connectivity index (χ1v) is 4.41. The summed E-state index contributed by atoms with van der Waals surface area (Å²) in [5.74, 6) is -0.0542. The van der Waals surface area contributed by atoms with E-state index in [9.17, 15) is 4.79 Å². The highest BCUT2D eigenvalue weighted by Gasteiger charge is 2.11. The second kappa shape index (κ2) is 3.23. The van der Waals surface area contributed by atoms with Crippen molar-refractivity contribution in [1.82, 2.24) is 9.97 Å². The number of nitrogens with one attached hydrogen (secondary N) is 1. The number of ketones is 1. The van der Waals surface area contributed by atoms with Crippen LogP contribution in [0, 0.1) is 0 Å². The number of fused-ring (bicyclic) bond motifs is 1. The molecule has 1 aromatic heterocycles. The Kier molecular flexibility index (Phi) is 2.05. The number of benzene rings is 1. The molecule has 0 aliphatic heterocycles. The predicted molar refractivity (Wildman–Crippen MR) is 54.1 cm³/mol. The van der Waals surface area contributed by atoms with E-state index in [4.69, 9.17) is 5.73 Å². The van der Waals surface area contributed by atoms with Crippen molar-refractivity contribution in [3.05, 3.63) is 30.1 Å². The van der Waals surface area contributed by atoms with Crippen molar-refractivity contribution in [2.75, 3.05) is 0 Å². The van der Waals surface area contributed by atoms with E-state index in [1.165, 1.54) is 0 Å². The van der Waals surface area contributed by atoms with Crippen LogP contribution in [0.5, 0.6) is 0 Å². The van der Waals surface area contributed by atoms with Crippen LogP contribution in [0.15, 0.2) is 24.5 Å². The number of H-pyrrole nitrogens is 1. The van der Waals surface area contributed by atoms with E-state index < -0.39 is 6.04 Å². The molecule has 0 bridgehead atoms. The fourth-order valence-corrected chi connectivity index (χ4v) is 1.35. The molecule has 1 aromatic carbocycles. The number of hydrogen-bond donors (Lipinski definition) is 2. The maximum absolute atomic E-state index is 11.6. The van der Waals surface area contributed by atoms with Gasteiger partial charge in [-0.1, -0.05) is 0 Å². The van der Waals surface area contributed by atoms with Crippen LogP contribution in [-0.2, 0) is 0 Å². The number of nitrogens with zero attached hydrogens (tertiary/aromatic N) is 1. The summed E-state index contributed by atoms with van der Waals surface area (Å²) in [6.45, 7) is 1.68. The monoisotopic (exact) mass is 189 g/mol. The van der Waals surface area contributed by atoms with E-state index in [1.807, 2.05) is 0 Å². The number of Topliss-reactive ketones (excluding diaryl/α,β-unsaturated/α-hetero) is 1. The second-order valence-corrected chi connectivity index (χ2v) is 3.29. The van der Waals surface area contributed by atoms with Crippen LogP contribution >= 0.6 is 0 Å². The number of rotatable bonds is 2. The minimum atomic E-state index is -0.463. The Bertz CT molecular complexity index is 473. The Morgan fingerprint density at radius 2 is 2.36 bits per heavy atom. The highest BCUT2D eigenvalue weighted by Crippen LogP contribution is 2.12. The Hall–Kier alpha value is -1.68. The molecule has 0 saturated heterocycles.